The molecule has 0 aliphatic carbocycles. The molecule has 1 aromatic rings. The minimum atomic E-state index is -0.182. The molecule has 1 aliphatic rings. The van der Waals surface area contributed by atoms with Crippen LogP contribution in [0.2, 0.25) is 0 Å². The van der Waals surface area contributed by atoms with Crippen molar-refractivity contribution in [3.63, 3.8) is 0 Å². The number of nitrogens with zero attached hydrogens (tertiary/aromatic N) is 2. The highest BCUT2D eigenvalue weighted by atomic mass is 16.2. The molecule has 0 atom stereocenters. The van der Waals surface area contributed by atoms with Crippen molar-refractivity contribution >= 4 is 12.2 Å². The molecule has 1 aromatic heterocycles. The lowest BCUT2D eigenvalue weighted by atomic mass is 10.2. The SMILES string of the molecule is O=C(NCC1=CCCN=C1)NCc1cccnc1. The number of dihydropyridines is 1. The van der Waals surface area contributed by atoms with Crippen molar-refractivity contribution < 1.29 is 4.79 Å². The Kier molecular flexibility index (Phi) is 4.46. The van der Waals surface area contributed by atoms with Crippen LogP contribution in [-0.4, -0.2) is 30.3 Å². The third-order valence-corrected chi connectivity index (χ3v) is 2.55. The molecule has 0 saturated heterocycles. The van der Waals surface area contributed by atoms with E-state index in [0.717, 1.165) is 24.1 Å². The molecule has 1 aliphatic heterocycles. The van der Waals surface area contributed by atoms with Crippen LogP contribution in [0.4, 0.5) is 4.79 Å². The van der Waals surface area contributed by atoms with Gasteiger partial charge in [0, 0.05) is 38.2 Å². The van der Waals surface area contributed by atoms with Crippen molar-refractivity contribution in [3.8, 4) is 0 Å². The van der Waals surface area contributed by atoms with E-state index in [-0.39, 0.29) is 6.03 Å². The third kappa shape index (κ3) is 4.01. The molecule has 2 rings (SSSR count). The van der Waals surface area contributed by atoms with Gasteiger partial charge < -0.3 is 10.6 Å². The minimum absolute atomic E-state index is 0.182. The van der Waals surface area contributed by atoms with Crippen molar-refractivity contribution in [1.29, 1.82) is 0 Å². The van der Waals surface area contributed by atoms with E-state index in [1.54, 1.807) is 12.4 Å². The monoisotopic (exact) mass is 244 g/mol. The zero-order valence-corrected chi connectivity index (χ0v) is 10.1. The summed E-state index contributed by atoms with van der Waals surface area (Å²) in [6.45, 7) is 1.84. The summed E-state index contributed by atoms with van der Waals surface area (Å²) in [5, 5.41) is 5.57. The second-order valence-electron chi connectivity index (χ2n) is 4.00. The van der Waals surface area contributed by atoms with Crippen LogP contribution in [0.15, 0.2) is 41.2 Å². The molecule has 18 heavy (non-hydrogen) atoms. The lowest BCUT2D eigenvalue weighted by molar-refractivity contribution is 0.241. The minimum Gasteiger partial charge on any atom is -0.334 e. The first-order valence-corrected chi connectivity index (χ1v) is 5.94. The first-order valence-electron chi connectivity index (χ1n) is 5.94. The zero-order valence-electron chi connectivity index (χ0n) is 10.1. The Morgan fingerprint density at radius 2 is 2.22 bits per heavy atom. The van der Waals surface area contributed by atoms with Crippen LogP contribution >= 0.6 is 0 Å². The molecule has 0 unspecified atom stereocenters. The van der Waals surface area contributed by atoms with Crippen molar-refractivity contribution in [2.24, 2.45) is 4.99 Å². The van der Waals surface area contributed by atoms with Gasteiger partial charge in [-0.05, 0) is 23.6 Å². The smallest absolute Gasteiger partial charge is 0.315 e. The van der Waals surface area contributed by atoms with Crippen LogP contribution in [0.3, 0.4) is 0 Å². The van der Waals surface area contributed by atoms with Gasteiger partial charge in [-0.1, -0.05) is 12.1 Å². The van der Waals surface area contributed by atoms with E-state index >= 15 is 0 Å². The molecule has 0 saturated carbocycles. The highest BCUT2D eigenvalue weighted by Crippen LogP contribution is 1.99. The first kappa shape index (κ1) is 12.3. The molecule has 2 N–H and O–H groups in total. The summed E-state index contributed by atoms with van der Waals surface area (Å²) in [7, 11) is 0. The Hall–Kier alpha value is -2.17. The van der Waals surface area contributed by atoms with Gasteiger partial charge in [-0.15, -0.1) is 0 Å². The van der Waals surface area contributed by atoms with Crippen LogP contribution in [0.1, 0.15) is 12.0 Å². The molecule has 2 heterocycles. The number of rotatable bonds is 4. The average Bonchev–Trinajstić information content (AvgIpc) is 2.45. The van der Waals surface area contributed by atoms with Crippen molar-refractivity contribution in [1.82, 2.24) is 15.6 Å². The molecule has 0 spiro atoms. The first-order chi connectivity index (χ1) is 8.84. The highest BCUT2D eigenvalue weighted by Gasteiger charge is 2.02. The molecule has 0 radical (unpaired) electrons. The Balaban J connectivity index is 1.69. The molecule has 5 heteroatoms. The van der Waals surface area contributed by atoms with Gasteiger partial charge in [0.25, 0.3) is 0 Å². The predicted octanol–water partition coefficient (Wildman–Crippen LogP) is 1.28. The Morgan fingerprint density at radius 1 is 1.33 bits per heavy atom. The van der Waals surface area contributed by atoms with Crippen LogP contribution in [0.5, 0.6) is 0 Å². The van der Waals surface area contributed by atoms with Gasteiger partial charge in [-0.2, -0.15) is 0 Å². The molecule has 0 aromatic carbocycles. The fraction of sp³-hybridized carbons (Fsp3) is 0.308. The van der Waals surface area contributed by atoms with E-state index in [0.29, 0.717) is 13.1 Å². The molecular formula is C13H16N4O. The molecule has 94 valence electrons. The van der Waals surface area contributed by atoms with Crippen LogP contribution in [0, 0.1) is 0 Å². The van der Waals surface area contributed by atoms with Crippen molar-refractivity contribution in [2.45, 2.75) is 13.0 Å². The molecule has 2 amide bonds. The summed E-state index contributed by atoms with van der Waals surface area (Å²) in [5.74, 6) is 0. The van der Waals surface area contributed by atoms with Crippen LogP contribution in [0.25, 0.3) is 0 Å². The van der Waals surface area contributed by atoms with Gasteiger partial charge in [0.1, 0.15) is 0 Å². The van der Waals surface area contributed by atoms with E-state index in [2.05, 4.69) is 26.7 Å². The number of urea groups is 1. The molecule has 5 nitrogen and oxygen atoms in total. The lowest BCUT2D eigenvalue weighted by Crippen LogP contribution is -2.36. The predicted molar refractivity (Wildman–Crippen MR) is 70.5 cm³/mol. The van der Waals surface area contributed by atoms with Crippen LogP contribution in [-0.2, 0) is 6.54 Å². The summed E-state index contributed by atoms with van der Waals surface area (Å²) >= 11 is 0. The topological polar surface area (TPSA) is 66.4 Å². The Labute approximate surface area is 106 Å². The number of hydrogen-bond donors (Lipinski definition) is 2. The van der Waals surface area contributed by atoms with E-state index in [1.807, 2.05) is 18.3 Å². The summed E-state index contributed by atoms with van der Waals surface area (Å²) in [6, 6.07) is 3.58. The number of aliphatic imine (C=N–C) groups is 1. The summed E-state index contributed by atoms with van der Waals surface area (Å²) in [5.41, 5.74) is 2.03. The third-order valence-electron chi connectivity index (χ3n) is 2.55. The summed E-state index contributed by atoms with van der Waals surface area (Å²) in [6.07, 6.45) is 8.29. The molecular weight excluding hydrogens is 228 g/mol. The normalized spacial score (nSPS) is 13.9. The Bertz CT molecular complexity index is 453. The largest absolute Gasteiger partial charge is 0.334 e. The number of hydrogen-bond acceptors (Lipinski definition) is 3. The fourth-order valence-corrected chi connectivity index (χ4v) is 1.61. The van der Waals surface area contributed by atoms with E-state index < -0.39 is 0 Å². The number of pyridine rings is 1. The number of aromatic nitrogens is 1. The second-order valence-corrected chi connectivity index (χ2v) is 4.00. The van der Waals surface area contributed by atoms with Gasteiger partial charge in [0.15, 0.2) is 0 Å². The number of carbonyl (C=O) groups excluding carboxylic acids is 1. The van der Waals surface area contributed by atoms with E-state index in [9.17, 15) is 4.79 Å². The molecule has 0 bridgehead atoms. The molecule has 0 fully saturated rings. The van der Waals surface area contributed by atoms with Crippen LogP contribution < -0.4 is 10.6 Å². The number of carbonyl (C=O) groups is 1. The van der Waals surface area contributed by atoms with Gasteiger partial charge in [0.05, 0.1) is 0 Å². The fourth-order valence-electron chi connectivity index (χ4n) is 1.61. The summed E-state index contributed by atoms with van der Waals surface area (Å²) in [4.78, 5) is 19.7. The zero-order chi connectivity index (χ0) is 12.6. The van der Waals surface area contributed by atoms with Crippen molar-refractivity contribution in [3.05, 3.63) is 41.7 Å². The average molecular weight is 244 g/mol. The maximum Gasteiger partial charge on any atom is 0.315 e. The summed E-state index contributed by atoms with van der Waals surface area (Å²) < 4.78 is 0. The van der Waals surface area contributed by atoms with Gasteiger partial charge >= 0.3 is 6.03 Å². The highest BCUT2D eigenvalue weighted by molar-refractivity contribution is 5.82. The number of amides is 2. The second kappa shape index (κ2) is 6.54. The maximum absolute atomic E-state index is 11.5. The van der Waals surface area contributed by atoms with Gasteiger partial charge in [0.2, 0.25) is 0 Å². The van der Waals surface area contributed by atoms with Crippen molar-refractivity contribution in [2.75, 3.05) is 13.1 Å². The number of nitrogens with one attached hydrogen (secondary N) is 2. The quantitative estimate of drug-likeness (QED) is 0.838. The Morgan fingerprint density at radius 3 is 2.94 bits per heavy atom. The van der Waals surface area contributed by atoms with E-state index in [1.165, 1.54) is 0 Å². The maximum atomic E-state index is 11.5. The van der Waals surface area contributed by atoms with Gasteiger partial charge in [-0.25, -0.2) is 4.79 Å². The van der Waals surface area contributed by atoms with Gasteiger partial charge in [-0.3, -0.25) is 9.98 Å². The lowest BCUT2D eigenvalue weighted by Gasteiger charge is -2.09. The standard InChI is InChI=1S/C13H16N4O/c18-13(16-9-11-3-1-5-14-7-11)17-10-12-4-2-6-15-8-12/h1,3-5,7-8H,2,6,9-10H2,(H2,16,17,18). The van der Waals surface area contributed by atoms with E-state index in [4.69, 9.17) is 0 Å².